The molecule has 1 saturated heterocycles. The van der Waals surface area contributed by atoms with Gasteiger partial charge in [0.25, 0.3) is 0 Å². The fourth-order valence-electron chi connectivity index (χ4n) is 2.42. The number of pyridine rings is 2. The van der Waals surface area contributed by atoms with Crippen LogP contribution in [0.5, 0.6) is 11.5 Å². The van der Waals surface area contributed by atoms with Crippen LogP contribution in [-0.2, 0) is 0 Å². The summed E-state index contributed by atoms with van der Waals surface area (Å²) in [4.78, 5) is 8.24. The van der Waals surface area contributed by atoms with Gasteiger partial charge in [-0.15, -0.1) is 11.8 Å². The molecular weight excluding hydrogens is 332 g/mol. The number of aromatic nitrogens is 2. The van der Waals surface area contributed by atoms with Crippen LogP contribution in [0.3, 0.4) is 0 Å². The summed E-state index contributed by atoms with van der Waals surface area (Å²) in [7, 11) is 1.58. The minimum Gasteiger partial charge on any atom is -0.496 e. The van der Waals surface area contributed by atoms with Crippen molar-refractivity contribution in [3.8, 4) is 22.6 Å². The number of hydrogen-bond acceptors (Lipinski definition) is 8. The average molecular weight is 350 g/mol. The minimum atomic E-state index is -1.23. The first-order valence-corrected chi connectivity index (χ1v) is 8.41. The van der Waals surface area contributed by atoms with Gasteiger partial charge in [0.05, 0.1) is 19.4 Å². The maximum atomic E-state index is 10.0. The molecule has 0 radical (unpaired) electrons. The summed E-state index contributed by atoms with van der Waals surface area (Å²) in [5.74, 6) is 1.39. The molecule has 0 aliphatic carbocycles. The fourth-order valence-corrected chi connectivity index (χ4v) is 3.55. The van der Waals surface area contributed by atoms with Gasteiger partial charge < -0.3 is 24.8 Å². The molecule has 2 aromatic heterocycles. The number of methoxy groups -OCH3 is 1. The monoisotopic (exact) mass is 350 g/mol. The van der Waals surface area contributed by atoms with Crippen molar-refractivity contribution in [1.82, 2.24) is 9.97 Å². The number of aliphatic hydroxyl groups excluding tert-OH is 3. The van der Waals surface area contributed by atoms with Gasteiger partial charge in [-0.3, -0.25) is 9.97 Å². The van der Waals surface area contributed by atoms with Crippen LogP contribution in [0.25, 0.3) is 11.1 Å². The van der Waals surface area contributed by atoms with Crippen molar-refractivity contribution in [3.05, 3.63) is 36.9 Å². The van der Waals surface area contributed by atoms with Crippen molar-refractivity contribution in [2.75, 3.05) is 12.9 Å². The maximum absolute atomic E-state index is 10.0. The smallest absolute Gasteiger partial charge is 0.173 e. The van der Waals surface area contributed by atoms with Gasteiger partial charge in [-0.05, 0) is 12.1 Å². The van der Waals surface area contributed by atoms with Crippen LogP contribution in [0.4, 0.5) is 0 Å². The van der Waals surface area contributed by atoms with Crippen molar-refractivity contribution in [2.24, 2.45) is 0 Å². The first-order chi connectivity index (χ1) is 11.6. The topological polar surface area (TPSA) is 105 Å². The Labute approximate surface area is 143 Å². The Morgan fingerprint density at radius 3 is 2.75 bits per heavy atom. The Balaban J connectivity index is 1.81. The van der Waals surface area contributed by atoms with Gasteiger partial charge in [0.1, 0.15) is 23.7 Å². The zero-order chi connectivity index (χ0) is 17.1. The molecule has 0 unspecified atom stereocenters. The van der Waals surface area contributed by atoms with E-state index in [0.717, 1.165) is 11.1 Å². The second-order valence-corrected chi connectivity index (χ2v) is 6.48. The molecule has 1 aliphatic rings. The third kappa shape index (κ3) is 3.46. The predicted octanol–water partition coefficient (Wildman–Crippen LogP) is 0.687. The van der Waals surface area contributed by atoms with Crippen LogP contribution in [0.15, 0.2) is 36.9 Å². The number of rotatable bonds is 4. The van der Waals surface area contributed by atoms with E-state index in [0.29, 0.717) is 11.5 Å². The molecule has 3 N–H and O–H groups in total. The molecule has 0 saturated carbocycles. The molecule has 7 nitrogen and oxygen atoms in total. The van der Waals surface area contributed by atoms with E-state index in [1.165, 1.54) is 18.0 Å². The van der Waals surface area contributed by atoms with Crippen LogP contribution in [0, 0.1) is 0 Å². The summed E-state index contributed by atoms with van der Waals surface area (Å²) in [6.07, 6.45) is 3.11. The fraction of sp³-hybridized carbons (Fsp3) is 0.375. The molecule has 1 fully saturated rings. The van der Waals surface area contributed by atoms with Crippen LogP contribution in [0.1, 0.15) is 0 Å². The van der Waals surface area contributed by atoms with Crippen molar-refractivity contribution < 1.29 is 24.8 Å². The Bertz CT molecular complexity index is 702. The van der Waals surface area contributed by atoms with Gasteiger partial charge >= 0.3 is 0 Å². The maximum Gasteiger partial charge on any atom is 0.173 e. The van der Waals surface area contributed by atoms with E-state index in [2.05, 4.69) is 9.97 Å². The molecule has 3 heterocycles. The Morgan fingerprint density at radius 2 is 1.96 bits per heavy atom. The van der Waals surface area contributed by atoms with Gasteiger partial charge in [0, 0.05) is 35.5 Å². The number of nitrogens with zero attached hydrogens (tertiary/aromatic N) is 2. The van der Waals surface area contributed by atoms with E-state index in [1.807, 2.05) is 0 Å². The number of aliphatic hydroxyl groups is 3. The second kappa shape index (κ2) is 7.35. The normalized spacial score (nSPS) is 26.8. The third-order valence-electron chi connectivity index (χ3n) is 3.73. The Hall–Kier alpha value is -1.87. The van der Waals surface area contributed by atoms with Crippen LogP contribution >= 0.6 is 11.8 Å². The van der Waals surface area contributed by atoms with Gasteiger partial charge in [0.2, 0.25) is 0 Å². The highest BCUT2D eigenvalue weighted by Gasteiger charge is 2.38. The van der Waals surface area contributed by atoms with Crippen molar-refractivity contribution in [1.29, 1.82) is 0 Å². The molecule has 1 aliphatic heterocycles. The van der Waals surface area contributed by atoms with Gasteiger partial charge in [-0.25, -0.2) is 0 Å². The highest BCUT2D eigenvalue weighted by molar-refractivity contribution is 7.99. The lowest BCUT2D eigenvalue weighted by molar-refractivity contribution is -0.0786. The molecule has 8 heteroatoms. The Kier molecular flexibility index (Phi) is 5.20. The lowest BCUT2D eigenvalue weighted by Gasteiger charge is -2.34. The zero-order valence-corrected chi connectivity index (χ0v) is 13.8. The number of ether oxygens (including phenoxy) is 2. The van der Waals surface area contributed by atoms with E-state index in [9.17, 15) is 15.3 Å². The summed E-state index contributed by atoms with van der Waals surface area (Å²) in [5.41, 5.74) is 0.842. The van der Waals surface area contributed by atoms with Gasteiger partial charge in [-0.2, -0.15) is 0 Å². The SMILES string of the molecule is COc1ccncc1-c1cncc(O[C@H]2SC[C@@H](O)[C@H](O)[C@H]2O)c1. The van der Waals surface area contributed by atoms with Gasteiger partial charge in [-0.1, -0.05) is 0 Å². The summed E-state index contributed by atoms with van der Waals surface area (Å²) in [6.45, 7) is 0. The van der Waals surface area contributed by atoms with Crippen molar-refractivity contribution >= 4 is 11.8 Å². The van der Waals surface area contributed by atoms with E-state index < -0.39 is 23.7 Å². The Morgan fingerprint density at radius 1 is 1.12 bits per heavy atom. The molecule has 3 rings (SSSR count). The van der Waals surface area contributed by atoms with E-state index in [4.69, 9.17) is 9.47 Å². The quantitative estimate of drug-likeness (QED) is 0.740. The zero-order valence-electron chi connectivity index (χ0n) is 12.9. The van der Waals surface area contributed by atoms with E-state index in [1.54, 1.807) is 37.8 Å². The predicted molar refractivity (Wildman–Crippen MR) is 88.9 cm³/mol. The number of hydrogen-bond donors (Lipinski definition) is 3. The molecule has 24 heavy (non-hydrogen) atoms. The summed E-state index contributed by atoms with van der Waals surface area (Å²) in [5, 5.41) is 29.4. The first kappa shape index (κ1) is 17.0. The van der Waals surface area contributed by atoms with Crippen LogP contribution in [-0.4, -0.2) is 61.9 Å². The third-order valence-corrected chi connectivity index (χ3v) is 4.97. The minimum absolute atomic E-state index is 0.284. The molecule has 4 atom stereocenters. The lowest BCUT2D eigenvalue weighted by Crippen LogP contribution is -2.50. The standard InChI is InChI=1S/C16H18N2O5S/c1-22-13-2-3-17-7-11(13)9-4-10(6-18-5-9)23-16-15(21)14(20)12(19)8-24-16/h2-7,12,14-16,19-21H,8H2,1H3/t12-,14+,15-,16+/m1/s1. The molecule has 0 bridgehead atoms. The van der Waals surface area contributed by atoms with Crippen molar-refractivity contribution in [3.63, 3.8) is 0 Å². The molecule has 0 spiro atoms. The summed E-state index contributed by atoms with van der Waals surface area (Å²) in [6, 6.07) is 3.51. The summed E-state index contributed by atoms with van der Waals surface area (Å²) >= 11 is 1.24. The van der Waals surface area contributed by atoms with E-state index >= 15 is 0 Å². The van der Waals surface area contributed by atoms with Gasteiger partial charge in [0.15, 0.2) is 5.44 Å². The molecule has 0 amide bonds. The second-order valence-electron chi connectivity index (χ2n) is 5.35. The molecule has 0 aromatic carbocycles. The summed E-state index contributed by atoms with van der Waals surface area (Å²) < 4.78 is 11.1. The van der Waals surface area contributed by atoms with Crippen molar-refractivity contribution in [2.45, 2.75) is 23.7 Å². The first-order valence-electron chi connectivity index (χ1n) is 7.36. The molecular formula is C16H18N2O5S. The van der Waals surface area contributed by atoms with E-state index in [-0.39, 0.29) is 5.75 Å². The largest absolute Gasteiger partial charge is 0.496 e. The average Bonchev–Trinajstić information content (AvgIpc) is 2.62. The molecule has 128 valence electrons. The van der Waals surface area contributed by atoms with Crippen LogP contribution < -0.4 is 9.47 Å². The number of thioether (sulfide) groups is 1. The lowest BCUT2D eigenvalue weighted by atomic mass is 10.1. The van der Waals surface area contributed by atoms with Crippen LogP contribution in [0.2, 0.25) is 0 Å². The highest BCUT2D eigenvalue weighted by Crippen LogP contribution is 2.33. The highest BCUT2D eigenvalue weighted by atomic mass is 32.2. The molecule has 2 aromatic rings.